The molecule has 4 heteroatoms. The third kappa shape index (κ3) is 3.87. The summed E-state index contributed by atoms with van der Waals surface area (Å²) in [7, 11) is 0. The van der Waals surface area contributed by atoms with Gasteiger partial charge in [0.2, 0.25) is 0 Å². The van der Waals surface area contributed by atoms with Crippen LogP contribution in [0.15, 0.2) is 60.8 Å². The molecule has 1 saturated heterocycles. The quantitative estimate of drug-likeness (QED) is 0.611. The lowest BCUT2D eigenvalue weighted by molar-refractivity contribution is -0.0366. The van der Waals surface area contributed by atoms with Gasteiger partial charge in [-0.25, -0.2) is 4.68 Å². The molecule has 0 N–H and O–H groups in total. The van der Waals surface area contributed by atoms with Crippen LogP contribution < -0.4 is 0 Å². The van der Waals surface area contributed by atoms with Gasteiger partial charge in [0.05, 0.1) is 11.7 Å². The van der Waals surface area contributed by atoms with Crippen molar-refractivity contribution in [1.82, 2.24) is 14.7 Å². The zero-order chi connectivity index (χ0) is 19.6. The van der Waals surface area contributed by atoms with Crippen molar-refractivity contribution in [2.45, 2.75) is 39.0 Å². The smallest absolute Gasteiger partial charge is 0.150 e. The van der Waals surface area contributed by atoms with Crippen LogP contribution >= 0.6 is 0 Å². The van der Waals surface area contributed by atoms with Crippen molar-refractivity contribution in [3.05, 3.63) is 71.9 Å². The molecule has 1 aromatic heterocycles. The maximum Gasteiger partial charge on any atom is 0.150 e. The molecule has 1 fully saturated rings. The third-order valence-electron chi connectivity index (χ3n) is 6.24. The Labute approximate surface area is 172 Å². The lowest BCUT2D eigenvalue weighted by Crippen LogP contribution is -2.32. The van der Waals surface area contributed by atoms with Crippen molar-refractivity contribution in [2.24, 2.45) is 5.92 Å². The molecular weight excluding hydrogens is 358 g/mol. The summed E-state index contributed by atoms with van der Waals surface area (Å²) in [6.07, 6.45) is 7.88. The summed E-state index contributed by atoms with van der Waals surface area (Å²) >= 11 is 0. The van der Waals surface area contributed by atoms with E-state index in [9.17, 15) is 0 Å². The Kier molecular flexibility index (Phi) is 5.21. The van der Waals surface area contributed by atoms with Crippen LogP contribution in [0.4, 0.5) is 0 Å². The summed E-state index contributed by atoms with van der Waals surface area (Å²) in [4.78, 5) is 2.53. The Balaban J connectivity index is 1.38. The van der Waals surface area contributed by atoms with Gasteiger partial charge in [-0.1, -0.05) is 55.5 Å². The van der Waals surface area contributed by atoms with E-state index >= 15 is 0 Å². The first-order chi connectivity index (χ1) is 14.3. The molecule has 0 aliphatic carbocycles. The van der Waals surface area contributed by atoms with Gasteiger partial charge in [-0.05, 0) is 47.9 Å². The highest BCUT2D eigenvalue weighted by Gasteiger charge is 2.22. The molecule has 0 spiro atoms. The second-order valence-electron chi connectivity index (χ2n) is 8.42. The van der Waals surface area contributed by atoms with Crippen LogP contribution in [-0.2, 0) is 11.3 Å². The normalized spacial score (nSPS) is 23.3. The van der Waals surface area contributed by atoms with E-state index in [-0.39, 0.29) is 6.23 Å². The summed E-state index contributed by atoms with van der Waals surface area (Å²) in [5, 5.41) is 5.84. The summed E-state index contributed by atoms with van der Waals surface area (Å²) in [5.41, 5.74) is 5.35. The predicted molar refractivity (Wildman–Crippen MR) is 117 cm³/mol. The molecule has 4 nitrogen and oxygen atoms in total. The van der Waals surface area contributed by atoms with E-state index in [4.69, 9.17) is 4.74 Å². The number of hydrogen-bond donors (Lipinski definition) is 0. The summed E-state index contributed by atoms with van der Waals surface area (Å²) < 4.78 is 8.08. The second-order valence-corrected chi connectivity index (χ2v) is 8.42. The van der Waals surface area contributed by atoms with Gasteiger partial charge in [0.15, 0.2) is 6.23 Å². The Bertz CT molecular complexity index is 1000. The topological polar surface area (TPSA) is 30.3 Å². The molecule has 3 aromatic rings. The second kappa shape index (κ2) is 8.13. The van der Waals surface area contributed by atoms with Crippen molar-refractivity contribution in [2.75, 3.05) is 19.7 Å². The SMILES string of the molecule is CC1CN(Cc2ccccc2)CC=C1c1ccc2cnn(C3CCCCO3)c2c1. The van der Waals surface area contributed by atoms with Gasteiger partial charge in [-0.3, -0.25) is 4.90 Å². The van der Waals surface area contributed by atoms with E-state index in [0.29, 0.717) is 5.92 Å². The molecule has 0 saturated carbocycles. The molecule has 2 aliphatic rings. The number of fused-ring (bicyclic) bond motifs is 1. The van der Waals surface area contributed by atoms with Crippen LogP contribution in [0.25, 0.3) is 16.5 Å². The van der Waals surface area contributed by atoms with E-state index in [0.717, 1.165) is 39.1 Å². The highest BCUT2D eigenvalue weighted by molar-refractivity contribution is 5.84. The first-order valence-electron chi connectivity index (χ1n) is 10.8. The number of hydrogen-bond acceptors (Lipinski definition) is 3. The van der Waals surface area contributed by atoms with Gasteiger partial charge in [0, 0.05) is 31.6 Å². The van der Waals surface area contributed by atoms with Crippen LogP contribution in [0.3, 0.4) is 0 Å². The average Bonchev–Trinajstić information content (AvgIpc) is 3.18. The molecule has 2 atom stereocenters. The van der Waals surface area contributed by atoms with E-state index < -0.39 is 0 Å². The zero-order valence-electron chi connectivity index (χ0n) is 17.1. The van der Waals surface area contributed by atoms with Gasteiger partial charge in [0.1, 0.15) is 0 Å². The van der Waals surface area contributed by atoms with Crippen molar-refractivity contribution < 1.29 is 4.74 Å². The molecular formula is C25H29N3O. The molecule has 3 heterocycles. The zero-order valence-corrected chi connectivity index (χ0v) is 17.1. The van der Waals surface area contributed by atoms with Crippen molar-refractivity contribution in [3.63, 3.8) is 0 Å². The lowest BCUT2D eigenvalue weighted by Gasteiger charge is -2.31. The van der Waals surface area contributed by atoms with Gasteiger partial charge < -0.3 is 4.74 Å². The minimum absolute atomic E-state index is 0.0793. The fourth-order valence-corrected chi connectivity index (χ4v) is 4.73. The number of aromatic nitrogens is 2. The summed E-state index contributed by atoms with van der Waals surface area (Å²) in [6, 6.07) is 17.5. The molecule has 0 amide bonds. The Morgan fingerprint density at radius 1 is 1.10 bits per heavy atom. The van der Waals surface area contributed by atoms with E-state index in [1.54, 1.807) is 0 Å². The molecule has 5 rings (SSSR count). The third-order valence-corrected chi connectivity index (χ3v) is 6.24. The Morgan fingerprint density at radius 3 is 2.79 bits per heavy atom. The molecule has 2 unspecified atom stereocenters. The minimum Gasteiger partial charge on any atom is -0.356 e. The van der Waals surface area contributed by atoms with E-state index in [1.165, 1.54) is 34.0 Å². The molecule has 2 aliphatic heterocycles. The number of nitrogens with zero attached hydrogens (tertiary/aromatic N) is 3. The van der Waals surface area contributed by atoms with Gasteiger partial charge in [-0.2, -0.15) is 5.10 Å². The maximum atomic E-state index is 5.99. The first kappa shape index (κ1) is 18.6. The monoisotopic (exact) mass is 387 g/mol. The lowest BCUT2D eigenvalue weighted by atomic mass is 9.90. The molecule has 0 radical (unpaired) electrons. The van der Waals surface area contributed by atoms with Gasteiger partial charge >= 0.3 is 0 Å². The van der Waals surface area contributed by atoms with E-state index in [2.05, 4.69) is 76.2 Å². The Hall–Kier alpha value is -2.43. The largest absolute Gasteiger partial charge is 0.356 e. The van der Waals surface area contributed by atoms with Crippen molar-refractivity contribution in [3.8, 4) is 0 Å². The summed E-state index contributed by atoms with van der Waals surface area (Å²) in [6.45, 7) is 6.28. The standard InChI is InChI=1S/C25H29N3O/c1-19-17-27(18-20-7-3-2-4-8-20)13-12-23(19)21-10-11-22-16-26-28(24(22)15-21)25-9-5-6-14-29-25/h2-4,7-8,10-12,15-16,19,25H,5-6,9,13-14,17-18H2,1H3. The minimum atomic E-state index is 0.0793. The fraction of sp³-hybridized carbons (Fsp3) is 0.400. The van der Waals surface area contributed by atoms with E-state index in [1.807, 2.05) is 6.20 Å². The van der Waals surface area contributed by atoms with Crippen molar-refractivity contribution >= 4 is 16.5 Å². The first-order valence-corrected chi connectivity index (χ1v) is 10.8. The van der Waals surface area contributed by atoms with Gasteiger partial charge in [0.25, 0.3) is 0 Å². The van der Waals surface area contributed by atoms with Crippen LogP contribution in [0.5, 0.6) is 0 Å². The summed E-state index contributed by atoms with van der Waals surface area (Å²) in [5.74, 6) is 0.507. The highest BCUT2D eigenvalue weighted by Crippen LogP contribution is 2.32. The fourth-order valence-electron chi connectivity index (χ4n) is 4.73. The van der Waals surface area contributed by atoms with Crippen LogP contribution in [0, 0.1) is 5.92 Å². The molecule has 150 valence electrons. The highest BCUT2D eigenvalue weighted by atomic mass is 16.5. The Morgan fingerprint density at radius 2 is 2.00 bits per heavy atom. The predicted octanol–water partition coefficient (Wildman–Crippen LogP) is 5.27. The maximum absolute atomic E-state index is 5.99. The number of benzene rings is 2. The van der Waals surface area contributed by atoms with Crippen molar-refractivity contribution in [1.29, 1.82) is 0 Å². The molecule has 29 heavy (non-hydrogen) atoms. The van der Waals surface area contributed by atoms with Crippen LogP contribution in [-0.4, -0.2) is 34.4 Å². The molecule has 0 bridgehead atoms. The number of ether oxygens (including phenoxy) is 1. The van der Waals surface area contributed by atoms with Gasteiger partial charge in [-0.15, -0.1) is 0 Å². The average molecular weight is 388 g/mol. The number of rotatable bonds is 4. The van der Waals surface area contributed by atoms with Crippen LogP contribution in [0.1, 0.15) is 43.5 Å². The molecule has 2 aromatic carbocycles. The van der Waals surface area contributed by atoms with Crippen LogP contribution in [0.2, 0.25) is 0 Å².